The van der Waals surface area contributed by atoms with Crippen LogP contribution in [0.2, 0.25) is 0 Å². The number of benzene rings is 2. The van der Waals surface area contributed by atoms with Crippen molar-refractivity contribution < 1.29 is 23.8 Å². The third kappa shape index (κ3) is 4.08. The Morgan fingerprint density at radius 2 is 1.75 bits per heavy atom. The minimum atomic E-state index is -1.25. The quantitative estimate of drug-likeness (QED) is 0.471. The van der Waals surface area contributed by atoms with Gasteiger partial charge in [-0.25, -0.2) is 9.59 Å². The Morgan fingerprint density at radius 3 is 2.41 bits per heavy atom. The van der Waals surface area contributed by atoms with Crippen LogP contribution >= 0.6 is 15.9 Å². The van der Waals surface area contributed by atoms with Gasteiger partial charge in [-0.2, -0.15) is 0 Å². The fourth-order valence-electron chi connectivity index (χ4n) is 4.91. The van der Waals surface area contributed by atoms with Gasteiger partial charge in [-0.15, -0.1) is 0 Å². The molecule has 0 bridgehead atoms. The topological polar surface area (TPSA) is 61.8 Å². The normalized spacial score (nSPS) is 26.1. The van der Waals surface area contributed by atoms with E-state index in [1.165, 1.54) is 0 Å². The average Bonchev–Trinajstić information content (AvgIpc) is 3.33. The standard InChI is InChI=1S/C26H27BrO5/c1-3-14-31-25(29)26-16-20(17-10-12-19(27)13-11-17)23(18-8-6-5-7-9-18)21(26)15-22(32-26)24(28)30-4-2/h5-13,15,20-21,23H,3-4,14,16H2,1-2H3/t20-,21?,23-,26-/m0/s1. The van der Waals surface area contributed by atoms with Crippen molar-refractivity contribution in [3.05, 3.63) is 82.0 Å². The van der Waals surface area contributed by atoms with E-state index < -0.39 is 17.5 Å². The molecule has 1 saturated carbocycles. The third-order valence-corrected chi connectivity index (χ3v) is 6.78. The molecule has 6 heteroatoms. The predicted molar refractivity (Wildman–Crippen MR) is 124 cm³/mol. The van der Waals surface area contributed by atoms with Crippen LogP contribution in [0.25, 0.3) is 0 Å². The molecule has 5 nitrogen and oxygen atoms in total. The summed E-state index contributed by atoms with van der Waals surface area (Å²) in [4.78, 5) is 25.9. The van der Waals surface area contributed by atoms with Gasteiger partial charge in [0, 0.05) is 22.7 Å². The number of ether oxygens (including phenoxy) is 3. The summed E-state index contributed by atoms with van der Waals surface area (Å²) >= 11 is 3.50. The Labute approximate surface area is 196 Å². The molecule has 0 aromatic heterocycles. The first kappa shape index (κ1) is 22.6. The summed E-state index contributed by atoms with van der Waals surface area (Å²) in [5.74, 6) is -1.25. The summed E-state index contributed by atoms with van der Waals surface area (Å²) in [6, 6.07) is 18.3. The van der Waals surface area contributed by atoms with Crippen LogP contribution in [0.1, 0.15) is 49.7 Å². The van der Waals surface area contributed by atoms with Crippen molar-refractivity contribution in [3.8, 4) is 0 Å². The second-order valence-electron chi connectivity index (χ2n) is 8.20. The van der Waals surface area contributed by atoms with E-state index in [4.69, 9.17) is 14.2 Å². The highest BCUT2D eigenvalue weighted by molar-refractivity contribution is 9.10. The van der Waals surface area contributed by atoms with Gasteiger partial charge in [-0.3, -0.25) is 0 Å². The lowest BCUT2D eigenvalue weighted by atomic mass is 9.78. The van der Waals surface area contributed by atoms with Gasteiger partial charge < -0.3 is 14.2 Å². The molecule has 4 rings (SSSR count). The summed E-state index contributed by atoms with van der Waals surface area (Å²) in [7, 11) is 0. The fourth-order valence-corrected chi connectivity index (χ4v) is 5.18. The molecule has 2 aromatic rings. The molecule has 1 aliphatic carbocycles. The van der Waals surface area contributed by atoms with E-state index in [0.29, 0.717) is 19.4 Å². The van der Waals surface area contributed by atoms with Crippen molar-refractivity contribution in [2.45, 2.75) is 44.1 Å². The van der Waals surface area contributed by atoms with E-state index >= 15 is 0 Å². The number of halogens is 1. The number of fused-ring (bicyclic) bond motifs is 1. The van der Waals surface area contributed by atoms with E-state index in [-0.39, 0.29) is 30.1 Å². The first-order chi connectivity index (χ1) is 15.5. The zero-order valence-corrected chi connectivity index (χ0v) is 19.8. The smallest absolute Gasteiger partial charge is 0.373 e. The molecule has 1 heterocycles. The molecule has 32 heavy (non-hydrogen) atoms. The lowest BCUT2D eigenvalue weighted by Crippen LogP contribution is -2.43. The summed E-state index contributed by atoms with van der Waals surface area (Å²) in [6.07, 6.45) is 2.91. The second kappa shape index (κ2) is 9.49. The van der Waals surface area contributed by atoms with Gasteiger partial charge in [0.25, 0.3) is 0 Å². The Bertz CT molecular complexity index is 1000. The largest absolute Gasteiger partial charge is 0.468 e. The van der Waals surface area contributed by atoms with Gasteiger partial charge in [0.2, 0.25) is 11.4 Å². The van der Waals surface area contributed by atoms with Crippen molar-refractivity contribution in [1.29, 1.82) is 0 Å². The second-order valence-corrected chi connectivity index (χ2v) is 9.12. The molecule has 4 atom stereocenters. The average molecular weight is 499 g/mol. The maximum Gasteiger partial charge on any atom is 0.373 e. The highest BCUT2D eigenvalue weighted by Crippen LogP contribution is 2.60. The molecule has 168 valence electrons. The number of hydrogen-bond donors (Lipinski definition) is 0. The van der Waals surface area contributed by atoms with E-state index in [0.717, 1.165) is 15.6 Å². The van der Waals surface area contributed by atoms with Crippen molar-refractivity contribution in [1.82, 2.24) is 0 Å². The summed E-state index contributed by atoms with van der Waals surface area (Å²) in [5, 5.41) is 0. The van der Waals surface area contributed by atoms with Crippen LogP contribution in [0.15, 0.2) is 70.9 Å². The van der Waals surface area contributed by atoms with Crippen LogP contribution in [0.5, 0.6) is 0 Å². The van der Waals surface area contributed by atoms with Crippen LogP contribution in [-0.2, 0) is 23.8 Å². The lowest BCUT2D eigenvalue weighted by molar-refractivity contribution is -0.170. The van der Waals surface area contributed by atoms with Gasteiger partial charge in [-0.1, -0.05) is 65.3 Å². The first-order valence-electron chi connectivity index (χ1n) is 11.1. The highest BCUT2D eigenvalue weighted by atomic mass is 79.9. The first-order valence-corrected chi connectivity index (χ1v) is 11.8. The number of carbonyl (C=O) groups is 2. The zero-order chi connectivity index (χ0) is 22.7. The lowest BCUT2D eigenvalue weighted by Gasteiger charge is -2.28. The molecule has 1 aliphatic heterocycles. The van der Waals surface area contributed by atoms with E-state index in [2.05, 4.69) is 40.2 Å². The summed E-state index contributed by atoms with van der Waals surface area (Å²) < 4.78 is 17.9. The number of carbonyl (C=O) groups excluding carboxylic acids is 2. The van der Waals surface area contributed by atoms with Gasteiger partial charge in [0.15, 0.2) is 0 Å². The van der Waals surface area contributed by atoms with Crippen molar-refractivity contribution >= 4 is 27.9 Å². The molecular formula is C26H27BrO5. The number of esters is 2. The number of rotatable bonds is 7. The Hall–Kier alpha value is -2.60. The van der Waals surface area contributed by atoms with Gasteiger partial charge in [0.1, 0.15) is 0 Å². The van der Waals surface area contributed by atoms with Crippen LogP contribution < -0.4 is 0 Å². The molecule has 2 aliphatic rings. The van der Waals surface area contributed by atoms with Gasteiger partial charge in [-0.05, 0) is 48.6 Å². The van der Waals surface area contributed by atoms with E-state index in [1.807, 2.05) is 37.3 Å². The van der Waals surface area contributed by atoms with Crippen LogP contribution in [-0.4, -0.2) is 30.8 Å². The molecule has 0 radical (unpaired) electrons. The van der Waals surface area contributed by atoms with Gasteiger partial charge >= 0.3 is 11.9 Å². The van der Waals surface area contributed by atoms with E-state index in [9.17, 15) is 9.59 Å². The maximum absolute atomic E-state index is 13.4. The SMILES string of the molecule is CCCOC(=O)[C@]12C[C@@H](c3ccc(Br)cc3)[C@H](c3ccccc3)C1C=C(C(=O)OCC)O2. The molecule has 2 aromatic carbocycles. The van der Waals surface area contributed by atoms with Crippen molar-refractivity contribution in [2.75, 3.05) is 13.2 Å². The molecular weight excluding hydrogens is 472 g/mol. The van der Waals surface area contributed by atoms with Crippen LogP contribution in [0.3, 0.4) is 0 Å². The minimum absolute atomic E-state index is 0.0182. The molecule has 0 amide bonds. The predicted octanol–water partition coefficient (Wildman–Crippen LogP) is 5.51. The highest BCUT2D eigenvalue weighted by Gasteiger charge is 2.64. The van der Waals surface area contributed by atoms with Crippen molar-refractivity contribution in [2.24, 2.45) is 5.92 Å². The molecule has 0 saturated heterocycles. The maximum atomic E-state index is 13.4. The number of hydrogen-bond acceptors (Lipinski definition) is 5. The van der Waals surface area contributed by atoms with Crippen LogP contribution in [0, 0.1) is 5.92 Å². The summed E-state index contributed by atoms with van der Waals surface area (Å²) in [5.41, 5.74) is 0.963. The molecule has 0 N–H and O–H groups in total. The zero-order valence-electron chi connectivity index (χ0n) is 18.3. The monoisotopic (exact) mass is 498 g/mol. The Kier molecular flexibility index (Phi) is 6.70. The third-order valence-electron chi connectivity index (χ3n) is 6.25. The fraction of sp³-hybridized carbons (Fsp3) is 0.385. The van der Waals surface area contributed by atoms with Crippen LogP contribution in [0.4, 0.5) is 0 Å². The van der Waals surface area contributed by atoms with E-state index in [1.54, 1.807) is 13.0 Å². The Morgan fingerprint density at radius 1 is 1.03 bits per heavy atom. The molecule has 1 fully saturated rings. The summed E-state index contributed by atoms with van der Waals surface area (Å²) in [6.45, 7) is 4.24. The minimum Gasteiger partial charge on any atom is -0.468 e. The molecule has 0 spiro atoms. The van der Waals surface area contributed by atoms with Crippen molar-refractivity contribution in [3.63, 3.8) is 0 Å². The Balaban J connectivity index is 1.81. The van der Waals surface area contributed by atoms with Gasteiger partial charge in [0.05, 0.1) is 13.2 Å². The molecule has 1 unspecified atom stereocenters.